The minimum atomic E-state index is -2.13. The molecule has 0 saturated carbocycles. The first-order valence-corrected chi connectivity index (χ1v) is 6.44. The van der Waals surface area contributed by atoms with E-state index in [2.05, 4.69) is 0 Å². The summed E-state index contributed by atoms with van der Waals surface area (Å²) in [6, 6.07) is 17.6. The van der Waals surface area contributed by atoms with Gasteiger partial charge in [0.2, 0.25) is 6.16 Å². The molecule has 2 aromatic rings. The second kappa shape index (κ2) is 5.02. The smallest absolute Gasteiger partial charge is 0.160 e. The van der Waals surface area contributed by atoms with E-state index in [9.17, 15) is 4.57 Å². The number of benzene rings is 2. The fraction of sp³-hybridized carbons (Fsp3) is 0.0769. The van der Waals surface area contributed by atoms with Crippen molar-refractivity contribution < 1.29 is 9.46 Å². The van der Waals surface area contributed by atoms with Crippen molar-refractivity contribution in [2.24, 2.45) is 0 Å². The Labute approximate surface area is 95.4 Å². The zero-order chi connectivity index (χ0) is 11.4. The molecule has 0 bridgehead atoms. The molecule has 80 valence electrons. The first kappa shape index (κ1) is 11.0. The minimum absolute atomic E-state index is 0.209. The van der Waals surface area contributed by atoms with Crippen LogP contribution in [-0.2, 0) is 10.7 Å². The Kier molecular flexibility index (Phi) is 3.45. The lowest BCUT2D eigenvalue weighted by molar-refractivity contribution is 0.502. The van der Waals surface area contributed by atoms with Gasteiger partial charge in [0.25, 0.3) is 0 Å². The topological polar surface area (TPSA) is 37.3 Å². The Bertz CT molecular complexity index is 494. The molecule has 0 amide bonds. The Morgan fingerprint density at radius 1 is 0.938 bits per heavy atom. The molecule has 0 saturated heterocycles. The lowest BCUT2D eigenvalue weighted by Crippen LogP contribution is -1.86. The summed E-state index contributed by atoms with van der Waals surface area (Å²) in [5, 5.41) is 0. The summed E-state index contributed by atoms with van der Waals surface area (Å²) in [6.45, 7) is 0. The highest BCUT2D eigenvalue weighted by atomic mass is 31.1. The van der Waals surface area contributed by atoms with Crippen LogP contribution in [0.4, 0.5) is 0 Å². The molecule has 1 atom stereocenters. The van der Waals surface area contributed by atoms with Gasteiger partial charge in [-0.3, -0.25) is 0 Å². The summed E-state index contributed by atoms with van der Waals surface area (Å²) in [6.07, 6.45) is 0.209. The van der Waals surface area contributed by atoms with Crippen LogP contribution in [0.1, 0.15) is 5.56 Å². The predicted octanol–water partition coefficient (Wildman–Crippen LogP) is 3.59. The predicted molar refractivity (Wildman–Crippen MR) is 65.4 cm³/mol. The molecule has 0 heterocycles. The van der Waals surface area contributed by atoms with Crippen molar-refractivity contribution in [2.45, 2.75) is 6.16 Å². The van der Waals surface area contributed by atoms with Gasteiger partial charge in [-0.2, -0.15) is 4.89 Å². The number of hydrogen-bond acceptors (Lipinski definition) is 1. The molecular weight excluding hydrogens is 219 g/mol. The zero-order valence-corrected chi connectivity index (χ0v) is 9.60. The number of hydrogen-bond donors (Lipinski definition) is 1. The van der Waals surface area contributed by atoms with Gasteiger partial charge in [-0.05, 0) is 15.7 Å². The summed E-state index contributed by atoms with van der Waals surface area (Å²) in [5.41, 5.74) is 3.02. The monoisotopic (exact) mass is 231 g/mol. The van der Waals surface area contributed by atoms with Crippen molar-refractivity contribution in [3.63, 3.8) is 0 Å². The van der Waals surface area contributed by atoms with Gasteiger partial charge in [0.05, 0.1) is 0 Å². The maximum Gasteiger partial charge on any atom is 0.510 e. The van der Waals surface area contributed by atoms with Crippen molar-refractivity contribution >= 4 is 8.03 Å². The van der Waals surface area contributed by atoms with Gasteiger partial charge in [-0.25, -0.2) is 0 Å². The van der Waals surface area contributed by atoms with Crippen molar-refractivity contribution in [2.75, 3.05) is 0 Å². The van der Waals surface area contributed by atoms with Crippen LogP contribution in [0.5, 0.6) is 0 Å². The molecule has 2 rings (SSSR count). The zero-order valence-electron chi connectivity index (χ0n) is 8.71. The average Bonchev–Trinajstić information content (AvgIpc) is 2.30. The third-order valence-electron chi connectivity index (χ3n) is 2.41. The van der Waals surface area contributed by atoms with Gasteiger partial charge in [0, 0.05) is 5.56 Å². The molecule has 2 nitrogen and oxygen atoms in total. The van der Waals surface area contributed by atoms with E-state index < -0.39 is 8.03 Å². The third-order valence-corrected chi connectivity index (χ3v) is 3.02. The quantitative estimate of drug-likeness (QED) is 0.819. The molecule has 2 aromatic carbocycles. The van der Waals surface area contributed by atoms with E-state index >= 15 is 0 Å². The Hall–Kier alpha value is -1.50. The summed E-state index contributed by atoms with van der Waals surface area (Å²) >= 11 is 0. The van der Waals surface area contributed by atoms with E-state index in [1.165, 1.54) is 0 Å². The van der Waals surface area contributed by atoms with Gasteiger partial charge in [0.1, 0.15) is 0 Å². The highest BCUT2D eigenvalue weighted by molar-refractivity contribution is 7.37. The van der Waals surface area contributed by atoms with Crippen LogP contribution in [-0.4, -0.2) is 4.89 Å². The molecule has 0 fully saturated rings. The van der Waals surface area contributed by atoms with Crippen molar-refractivity contribution in [3.8, 4) is 11.1 Å². The van der Waals surface area contributed by atoms with Gasteiger partial charge in [-0.15, -0.1) is 0 Å². The first-order valence-electron chi connectivity index (χ1n) is 5.04. The van der Waals surface area contributed by atoms with Crippen molar-refractivity contribution in [3.05, 3.63) is 60.2 Å². The van der Waals surface area contributed by atoms with Crippen molar-refractivity contribution in [1.29, 1.82) is 0 Å². The van der Waals surface area contributed by atoms with Crippen LogP contribution in [0.3, 0.4) is 0 Å². The maximum absolute atomic E-state index is 10.9. The normalized spacial score (nSPS) is 11.2. The maximum atomic E-state index is 10.9. The molecule has 0 aliphatic heterocycles. The number of rotatable bonds is 3. The Balaban J connectivity index is 2.44. The van der Waals surface area contributed by atoms with E-state index in [1.807, 2.05) is 54.6 Å². The van der Waals surface area contributed by atoms with Crippen LogP contribution in [0.15, 0.2) is 54.6 Å². The summed E-state index contributed by atoms with van der Waals surface area (Å²) in [5.74, 6) is 0. The van der Waals surface area contributed by atoms with Crippen LogP contribution >= 0.6 is 8.03 Å². The molecule has 0 radical (unpaired) electrons. The van der Waals surface area contributed by atoms with E-state index in [0.29, 0.717) is 0 Å². The summed E-state index contributed by atoms with van der Waals surface area (Å²) in [7, 11) is -2.13. The van der Waals surface area contributed by atoms with E-state index in [0.717, 1.165) is 16.7 Å². The summed E-state index contributed by atoms with van der Waals surface area (Å²) in [4.78, 5) is 8.99. The summed E-state index contributed by atoms with van der Waals surface area (Å²) < 4.78 is 10.9. The van der Waals surface area contributed by atoms with Crippen LogP contribution < -0.4 is 0 Å². The minimum Gasteiger partial charge on any atom is -0.160 e. The lowest BCUT2D eigenvalue weighted by atomic mass is 10.0. The fourth-order valence-corrected chi connectivity index (χ4v) is 2.27. The second-order valence-corrected chi connectivity index (χ2v) is 4.55. The molecule has 1 N–H and O–H groups in total. The van der Waals surface area contributed by atoms with Gasteiger partial charge in [0.15, 0.2) is 0 Å². The van der Waals surface area contributed by atoms with Crippen molar-refractivity contribution in [1.82, 2.24) is 0 Å². The molecule has 0 aromatic heterocycles. The molecule has 0 aliphatic rings. The fourth-order valence-electron chi connectivity index (χ4n) is 1.70. The van der Waals surface area contributed by atoms with Crippen LogP contribution in [0.2, 0.25) is 0 Å². The first-order chi connectivity index (χ1) is 7.77. The largest absolute Gasteiger partial charge is 0.510 e. The van der Waals surface area contributed by atoms with Gasteiger partial charge in [-0.1, -0.05) is 54.6 Å². The van der Waals surface area contributed by atoms with E-state index in [-0.39, 0.29) is 6.16 Å². The third kappa shape index (κ3) is 2.54. The molecule has 16 heavy (non-hydrogen) atoms. The van der Waals surface area contributed by atoms with Gasteiger partial charge < -0.3 is 0 Å². The Morgan fingerprint density at radius 3 is 2.25 bits per heavy atom. The van der Waals surface area contributed by atoms with Crippen LogP contribution in [0, 0.1) is 0 Å². The van der Waals surface area contributed by atoms with Gasteiger partial charge >= 0.3 is 8.03 Å². The molecule has 0 spiro atoms. The average molecular weight is 231 g/mol. The van der Waals surface area contributed by atoms with Crippen LogP contribution in [0.25, 0.3) is 11.1 Å². The molecule has 0 aliphatic carbocycles. The molecular formula is C13H12O2P+. The highest BCUT2D eigenvalue weighted by Crippen LogP contribution is 2.29. The lowest BCUT2D eigenvalue weighted by Gasteiger charge is -2.04. The van der Waals surface area contributed by atoms with E-state index in [1.54, 1.807) is 0 Å². The Morgan fingerprint density at radius 2 is 1.56 bits per heavy atom. The standard InChI is InChI=1S/C13H11O2P/c14-16(15)10-12-8-4-5-9-13(12)11-6-2-1-3-7-11/h1-9H,10H2/p+1. The second-order valence-electron chi connectivity index (χ2n) is 3.53. The molecule has 1 unspecified atom stereocenters. The molecule has 3 heteroatoms. The highest BCUT2D eigenvalue weighted by Gasteiger charge is 2.15. The SMILES string of the molecule is O=[P+](O)Cc1ccccc1-c1ccccc1. The van der Waals surface area contributed by atoms with E-state index in [4.69, 9.17) is 4.89 Å².